The summed E-state index contributed by atoms with van der Waals surface area (Å²) in [6, 6.07) is 0. The van der Waals surface area contributed by atoms with Gasteiger partial charge in [0.15, 0.2) is 6.20 Å². The Balaban J connectivity index is 1.96. The van der Waals surface area contributed by atoms with Gasteiger partial charge in [-0.25, -0.2) is 4.98 Å². The van der Waals surface area contributed by atoms with Crippen molar-refractivity contribution in [2.24, 2.45) is 0 Å². The third kappa shape index (κ3) is 0.696. The molecular weight excluding hydrogens is 204 g/mol. The predicted molar refractivity (Wildman–Crippen MR) is 55.8 cm³/mol. The number of nitrogens with zero attached hydrogens (tertiary/aromatic N) is 2. The molecule has 4 rings (SSSR count). The monoisotopic (exact) mass is 218 g/mol. The van der Waals surface area contributed by atoms with Crippen molar-refractivity contribution in [3.05, 3.63) is 29.0 Å². The highest BCUT2D eigenvalue weighted by molar-refractivity contribution is 5.44. The molecule has 16 heavy (non-hydrogen) atoms. The van der Waals surface area contributed by atoms with Gasteiger partial charge in [0.25, 0.3) is 0 Å². The number of hydrogen-bond donors (Lipinski definition) is 0. The third-order valence-corrected chi connectivity index (χ3v) is 4.68. The Morgan fingerprint density at radius 3 is 2.75 bits per heavy atom. The lowest BCUT2D eigenvalue weighted by atomic mass is 9.85. The first-order valence-corrected chi connectivity index (χ1v) is 5.86. The van der Waals surface area contributed by atoms with Crippen molar-refractivity contribution in [2.75, 3.05) is 0 Å². The molecule has 1 aromatic rings. The van der Waals surface area contributed by atoms with Crippen LogP contribution in [-0.2, 0) is 4.74 Å². The average molecular weight is 218 g/mol. The first-order valence-electron chi connectivity index (χ1n) is 5.86. The van der Waals surface area contributed by atoms with Crippen LogP contribution < -0.4 is 4.73 Å². The molecule has 2 heterocycles. The molecule has 0 aromatic carbocycles. The van der Waals surface area contributed by atoms with E-state index in [0.717, 1.165) is 29.0 Å². The van der Waals surface area contributed by atoms with Crippen molar-refractivity contribution >= 4 is 0 Å². The fourth-order valence-electron chi connectivity index (χ4n) is 4.10. The second kappa shape index (κ2) is 2.25. The Kier molecular flexibility index (Phi) is 1.26. The standard InChI is InChI=1S/C12H14N2O2/c1-11(2)12(16-11)7-3-4-8(12)10-9(7)13-5-6-14(10)15/h5-8H,3-4H2,1-2H3. The molecule has 84 valence electrons. The molecule has 1 spiro atoms. The van der Waals surface area contributed by atoms with Crippen LogP contribution in [0.25, 0.3) is 0 Å². The first-order chi connectivity index (χ1) is 7.58. The van der Waals surface area contributed by atoms with Gasteiger partial charge in [-0.1, -0.05) is 0 Å². The molecule has 2 fully saturated rings. The van der Waals surface area contributed by atoms with Gasteiger partial charge >= 0.3 is 0 Å². The summed E-state index contributed by atoms with van der Waals surface area (Å²) in [5.41, 5.74) is 1.64. The van der Waals surface area contributed by atoms with E-state index in [2.05, 4.69) is 18.8 Å². The van der Waals surface area contributed by atoms with E-state index >= 15 is 0 Å². The number of ether oxygens (including phenoxy) is 1. The number of rotatable bonds is 0. The molecular formula is C12H14N2O2. The van der Waals surface area contributed by atoms with E-state index in [1.807, 2.05) is 0 Å². The van der Waals surface area contributed by atoms with Crippen LogP contribution >= 0.6 is 0 Å². The number of hydrogen-bond acceptors (Lipinski definition) is 3. The lowest BCUT2D eigenvalue weighted by Crippen LogP contribution is -2.35. The minimum absolute atomic E-state index is 0.0907. The smallest absolute Gasteiger partial charge is 0.220 e. The second-order valence-corrected chi connectivity index (χ2v) is 5.61. The van der Waals surface area contributed by atoms with Crippen LogP contribution in [0.5, 0.6) is 0 Å². The lowest BCUT2D eigenvalue weighted by molar-refractivity contribution is -0.616. The maximum absolute atomic E-state index is 11.8. The van der Waals surface area contributed by atoms with Crippen LogP contribution in [0.3, 0.4) is 0 Å². The Bertz CT molecular complexity index is 500. The lowest BCUT2D eigenvalue weighted by Gasteiger charge is -2.11. The topological polar surface area (TPSA) is 52.4 Å². The Morgan fingerprint density at radius 2 is 2.12 bits per heavy atom. The van der Waals surface area contributed by atoms with Gasteiger partial charge < -0.3 is 9.94 Å². The minimum atomic E-state index is -0.115. The van der Waals surface area contributed by atoms with Gasteiger partial charge in [0.05, 0.1) is 17.7 Å². The largest absolute Gasteiger partial charge is 0.618 e. The summed E-state index contributed by atoms with van der Waals surface area (Å²) in [7, 11) is 0. The van der Waals surface area contributed by atoms with Crippen LogP contribution in [0.15, 0.2) is 12.4 Å². The van der Waals surface area contributed by atoms with Crippen LogP contribution in [0.1, 0.15) is 49.9 Å². The highest BCUT2D eigenvalue weighted by Crippen LogP contribution is 2.72. The summed E-state index contributed by atoms with van der Waals surface area (Å²) in [6.07, 6.45) is 5.28. The quantitative estimate of drug-likeness (QED) is 0.374. The molecule has 1 saturated heterocycles. The zero-order valence-electron chi connectivity index (χ0n) is 9.43. The normalized spacial score (nSPS) is 41.4. The molecule has 2 bridgehead atoms. The van der Waals surface area contributed by atoms with Crippen LogP contribution in [0, 0.1) is 5.21 Å². The van der Waals surface area contributed by atoms with E-state index in [9.17, 15) is 5.21 Å². The molecule has 2 aliphatic carbocycles. The van der Waals surface area contributed by atoms with Gasteiger partial charge in [-0.3, -0.25) is 0 Å². The number of epoxide rings is 1. The van der Waals surface area contributed by atoms with Gasteiger partial charge in [0.2, 0.25) is 5.69 Å². The summed E-state index contributed by atoms with van der Waals surface area (Å²) in [6.45, 7) is 4.25. The Hall–Kier alpha value is -1.16. The van der Waals surface area contributed by atoms with Crippen molar-refractivity contribution in [3.8, 4) is 0 Å². The molecule has 0 N–H and O–H groups in total. The summed E-state index contributed by atoms with van der Waals surface area (Å²) in [5.74, 6) is 0.595. The van der Waals surface area contributed by atoms with Gasteiger partial charge in [0, 0.05) is 5.92 Å². The van der Waals surface area contributed by atoms with E-state index in [-0.39, 0.29) is 17.1 Å². The summed E-state index contributed by atoms with van der Waals surface area (Å²) in [4.78, 5) is 4.40. The highest BCUT2D eigenvalue weighted by atomic mass is 16.6. The van der Waals surface area contributed by atoms with Gasteiger partial charge in [-0.2, -0.15) is 4.73 Å². The zero-order chi connectivity index (χ0) is 11.1. The average Bonchev–Trinajstić information content (AvgIpc) is 2.54. The van der Waals surface area contributed by atoms with Crippen molar-refractivity contribution in [3.63, 3.8) is 0 Å². The van der Waals surface area contributed by atoms with E-state index in [1.165, 1.54) is 6.20 Å². The Labute approximate surface area is 93.8 Å². The van der Waals surface area contributed by atoms with E-state index in [4.69, 9.17) is 4.74 Å². The maximum Gasteiger partial charge on any atom is 0.220 e. The van der Waals surface area contributed by atoms with Gasteiger partial charge in [0.1, 0.15) is 11.3 Å². The van der Waals surface area contributed by atoms with E-state index in [0.29, 0.717) is 5.92 Å². The van der Waals surface area contributed by atoms with Crippen molar-refractivity contribution in [1.82, 2.24) is 4.98 Å². The summed E-state index contributed by atoms with van der Waals surface area (Å²) < 4.78 is 6.98. The molecule has 4 heteroatoms. The second-order valence-electron chi connectivity index (χ2n) is 5.61. The number of fused-ring (bicyclic) bond motifs is 3. The van der Waals surface area contributed by atoms with Gasteiger partial charge in [-0.15, -0.1) is 0 Å². The fourth-order valence-corrected chi connectivity index (χ4v) is 4.10. The van der Waals surface area contributed by atoms with Crippen molar-refractivity contribution in [2.45, 2.75) is 49.7 Å². The fraction of sp³-hybridized carbons (Fsp3) is 0.667. The zero-order valence-corrected chi connectivity index (χ0v) is 9.43. The molecule has 0 radical (unpaired) electrons. The van der Waals surface area contributed by atoms with Crippen LogP contribution in [-0.4, -0.2) is 16.2 Å². The van der Waals surface area contributed by atoms with E-state index in [1.54, 1.807) is 6.20 Å². The van der Waals surface area contributed by atoms with Crippen LogP contribution in [0.4, 0.5) is 0 Å². The number of aromatic nitrogens is 2. The van der Waals surface area contributed by atoms with Crippen LogP contribution in [0.2, 0.25) is 0 Å². The summed E-state index contributed by atoms with van der Waals surface area (Å²) in [5, 5.41) is 11.8. The SMILES string of the molecule is CC1(C)OC12C1CCC2c2c1ncc[n+]2[O-]. The minimum Gasteiger partial charge on any atom is -0.618 e. The molecule has 3 unspecified atom stereocenters. The summed E-state index contributed by atoms with van der Waals surface area (Å²) >= 11 is 0. The Morgan fingerprint density at radius 1 is 1.44 bits per heavy atom. The third-order valence-electron chi connectivity index (χ3n) is 4.68. The molecule has 4 nitrogen and oxygen atoms in total. The molecule has 1 saturated carbocycles. The van der Waals surface area contributed by atoms with Gasteiger partial charge in [-0.05, 0) is 26.7 Å². The van der Waals surface area contributed by atoms with Crippen molar-refractivity contribution < 1.29 is 9.47 Å². The molecule has 0 amide bonds. The van der Waals surface area contributed by atoms with Crippen molar-refractivity contribution in [1.29, 1.82) is 0 Å². The van der Waals surface area contributed by atoms with E-state index < -0.39 is 0 Å². The molecule has 3 aliphatic rings. The first kappa shape index (κ1) is 8.93. The molecule has 1 aromatic heterocycles. The molecule has 1 aliphatic heterocycles. The maximum atomic E-state index is 11.8. The molecule has 3 atom stereocenters. The predicted octanol–water partition coefficient (Wildman–Crippen LogP) is 1.24. The highest BCUT2D eigenvalue weighted by Gasteiger charge is 2.79.